The summed E-state index contributed by atoms with van der Waals surface area (Å²) in [6.45, 7) is 0.152. The van der Waals surface area contributed by atoms with Crippen LogP contribution in [0.25, 0.3) is 0 Å². The molecule has 0 atom stereocenters. The minimum Gasteiger partial charge on any atom is -0.448 e. The predicted molar refractivity (Wildman–Crippen MR) is 32.8 cm³/mol. The van der Waals surface area contributed by atoms with Gasteiger partial charge in [-0.15, -0.1) is 0 Å². The van der Waals surface area contributed by atoms with Crippen molar-refractivity contribution in [1.29, 1.82) is 5.26 Å². The van der Waals surface area contributed by atoms with E-state index < -0.39 is 11.5 Å². The third-order valence-corrected chi connectivity index (χ3v) is 1.58. The van der Waals surface area contributed by atoms with E-state index in [-0.39, 0.29) is 6.61 Å². The normalized spacial score (nSPS) is 19.1. The van der Waals surface area contributed by atoms with Crippen molar-refractivity contribution in [2.24, 2.45) is 11.1 Å². The highest BCUT2D eigenvalue weighted by molar-refractivity contribution is 5.64. The first-order valence-electron chi connectivity index (χ1n) is 3.02. The molecule has 0 spiro atoms. The maximum absolute atomic E-state index is 10.1. The minimum absolute atomic E-state index is 0.152. The number of amides is 1. The van der Waals surface area contributed by atoms with E-state index in [0.717, 1.165) is 12.8 Å². The smallest absolute Gasteiger partial charge is 0.404 e. The molecule has 0 bridgehead atoms. The maximum Gasteiger partial charge on any atom is 0.404 e. The number of rotatable bonds is 2. The number of primary amides is 1. The Morgan fingerprint density at radius 3 is 2.70 bits per heavy atom. The van der Waals surface area contributed by atoms with Gasteiger partial charge in [-0.3, -0.25) is 0 Å². The summed E-state index contributed by atoms with van der Waals surface area (Å²) in [5, 5.41) is 8.49. The van der Waals surface area contributed by atoms with Gasteiger partial charge in [-0.1, -0.05) is 0 Å². The van der Waals surface area contributed by atoms with Crippen LogP contribution < -0.4 is 5.73 Å². The molecule has 4 heteroatoms. The highest BCUT2D eigenvalue weighted by atomic mass is 16.5. The standard InChI is InChI=1S/C6H8N2O2/c7-3-6(1-2-6)4-10-5(8)9/h1-2,4H2,(H2,8,9). The first kappa shape index (κ1) is 6.87. The molecule has 0 unspecified atom stereocenters. The average molecular weight is 140 g/mol. The number of ether oxygens (including phenoxy) is 1. The van der Waals surface area contributed by atoms with Crippen LogP contribution in [-0.2, 0) is 4.74 Å². The summed E-state index contributed by atoms with van der Waals surface area (Å²) in [5.41, 5.74) is 4.32. The highest BCUT2D eigenvalue weighted by Crippen LogP contribution is 2.44. The van der Waals surface area contributed by atoms with Crippen LogP contribution in [0.5, 0.6) is 0 Å². The van der Waals surface area contributed by atoms with Crippen molar-refractivity contribution in [1.82, 2.24) is 0 Å². The van der Waals surface area contributed by atoms with Gasteiger partial charge in [0, 0.05) is 0 Å². The first-order chi connectivity index (χ1) is 4.68. The SMILES string of the molecule is N#CC1(COC(N)=O)CC1. The molecular formula is C6H8N2O2. The van der Waals surface area contributed by atoms with Crippen LogP contribution in [0.3, 0.4) is 0 Å². The maximum atomic E-state index is 10.1. The summed E-state index contributed by atoms with van der Waals surface area (Å²) in [6, 6.07) is 2.08. The number of nitrogens with zero attached hydrogens (tertiary/aromatic N) is 1. The van der Waals surface area contributed by atoms with Crippen molar-refractivity contribution in [3.05, 3.63) is 0 Å². The molecule has 4 nitrogen and oxygen atoms in total. The summed E-state index contributed by atoms with van der Waals surface area (Å²) in [5.74, 6) is 0. The Bertz CT molecular complexity index is 190. The summed E-state index contributed by atoms with van der Waals surface area (Å²) >= 11 is 0. The monoisotopic (exact) mass is 140 g/mol. The van der Waals surface area contributed by atoms with E-state index in [2.05, 4.69) is 10.8 Å². The van der Waals surface area contributed by atoms with Crippen LogP contribution in [0.4, 0.5) is 4.79 Å². The molecular weight excluding hydrogens is 132 g/mol. The van der Waals surface area contributed by atoms with Gasteiger partial charge in [0.05, 0.1) is 11.5 Å². The lowest BCUT2D eigenvalue weighted by atomic mass is 10.2. The number of hydrogen-bond acceptors (Lipinski definition) is 3. The van der Waals surface area contributed by atoms with Gasteiger partial charge >= 0.3 is 6.09 Å². The molecule has 0 saturated heterocycles. The Labute approximate surface area is 58.6 Å². The lowest BCUT2D eigenvalue weighted by Gasteiger charge is -2.03. The summed E-state index contributed by atoms with van der Waals surface area (Å²) in [6.07, 6.45) is 0.828. The first-order valence-corrected chi connectivity index (χ1v) is 3.02. The zero-order valence-corrected chi connectivity index (χ0v) is 5.46. The Morgan fingerprint density at radius 2 is 2.40 bits per heavy atom. The Morgan fingerprint density at radius 1 is 1.80 bits per heavy atom. The van der Waals surface area contributed by atoms with Crippen molar-refractivity contribution in [3.8, 4) is 6.07 Å². The zero-order valence-electron chi connectivity index (χ0n) is 5.46. The van der Waals surface area contributed by atoms with Gasteiger partial charge in [-0.2, -0.15) is 5.26 Å². The largest absolute Gasteiger partial charge is 0.448 e. The quantitative estimate of drug-likeness (QED) is 0.602. The van der Waals surface area contributed by atoms with E-state index in [0.29, 0.717) is 0 Å². The second kappa shape index (κ2) is 2.18. The highest BCUT2D eigenvalue weighted by Gasteiger charge is 2.44. The molecule has 0 aromatic carbocycles. The average Bonchev–Trinajstić information content (AvgIpc) is 2.64. The van der Waals surface area contributed by atoms with Crippen LogP contribution in [0.15, 0.2) is 0 Å². The molecule has 1 saturated carbocycles. The third-order valence-electron chi connectivity index (χ3n) is 1.58. The number of carbonyl (C=O) groups is 1. The number of nitriles is 1. The molecule has 1 fully saturated rings. The molecule has 2 N–H and O–H groups in total. The van der Waals surface area contributed by atoms with Crippen LogP contribution in [0.2, 0.25) is 0 Å². The summed E-state index contributed by atoms with van der Waals surface area (Å²) in [4.78, 5) is 10.1. The van der Waals surface area contributed by atoms with Crippen molar-refractivity contribution >= 4 is 6.09 Å². The molecule has 1 rings (SSSR count). The van der Waals surface area contributed by atoms with E-state index >= 15 is 0 Å². The number of hydrogen-bond donors (Lipinski definition) is 1. The minimum atomic E-state index is -0.804. The fourth-order valence-electron chi connectivity index (χ4n) is 0.649. The van der Waals surface area contributed by atoms with Crippen LogP contribution in [0, 0.1) is 16.7 Å². The van der Waals surface area contributed by atoms with E-state index in [4.69, 9.17) is 11.0 Å². The third kappa shape index (κ3) is 1.38. The van der Waals surface area contributed by atoms with Crippen LogP contribution >= 0.6 is 0 Å². The molecule has 0 radical (unpaired) electrons. The molecule has 1 aliphatic rings. The molecule has 0 aromatic heterocycles. The Balaban J connectivity index is 2.27. The second-order valence-electron chi connectivity index (χ2n) is 2.50. The zero-order chi connectivity index (χ0) is 7.61. The Kier molecular flexibility index (Phi) is 1.50. The van der Waals surface area contributed by atoms with Crippen LogP contribution in [0.1, 0.15) is 12.8 Å². The number of carbonyl (C=O) groups excluding carboxylic acids is 1. The fraction of sp³-hybridized carbons (Fsp3) is 0.667. The molecule has 0 aliphatic heterocycles. The van der Waals surface area contributed by atoms with Gasteiger partial charge in [0.25, 0.3) is 0 Å². The van der Waals surface area contributed by atoms with Crippen molar-refractivity contribution in [2.75, 3.05) is 6.61 Å². The Hall–Kier alpha value is -1.24. The van der Waals surface area contributed by atoms with E-state index in [1.54, 1.807) is 0 Å². The summed E-state index contributed by atoms with van der Waals surface area (Å²) in [7, 11) is 0. The number of nitrogens with two attached hydrogens (primary N) is 1. The predicted octanol–water partition coefficient (Wildman–Crippen LogP) is 0.385. The van der Waals surface area contributed by atoms with Crippen molar-refractivity contribution < 1.29 is 9.53 Å². The molecule has 10 heavy (non-hydrogen) atoms. The lowest BCUT2D eigenvalue weighted by Crippen LogP contribution is -2.18. The van der Waals surface area contributed by atoms with Gasteiger partial charge in [-0.05, 0) is 12.8 Å². The second-order valence-corrected chi connectivity index (χ2v) is 2.50. The molecule has 54 valence electrons. The van der Waals surface area contributed by atoms with Crippen LogP contribution in [-0.4, -0.2) is 12.7 Å². The van der Waals surface area contributed by atoms with Gasteiger partial charge < -0.3 is 10.5 Å². The lowest BCUT2D eigenvalue weighted by molar-refractivity contribution is 0.141. The van der Waals surface area contributed by atoms with E-state index in [1.807, 2.05) is 0 Å². The fourth-order valence-corrected chi connectivity index (χ4v) is 0.649. The van der Waals surface area contributed by atoms with E-state index in [9.17, 15) is 4.79 Å². The van der Waals surface area contributed by atoms with Crippen molar-refractivity contribution in [3.63, 3.8) is 0 Å². The molecule has 0 heterocycles. The summed E-state index contributed by atoms with van der Waals surface area (Å²) < 4.78 is 4.48. The molecule has 1 amide bonds. The van der Waals surface area contributed by atoms with E-state index in [1.165, 1.54) is 0 Å². The topological polar surface area (TPSA) is 76.1 Å². The molecule has 1 aliphatic carbocycles. The van der Waals surface area contributed by atoms with Gasteiger partial charge in [-0.25, -0.2) is 4.79 Å². The van der Waals surface area contributed by atoms with Crippen molar-refractivity contribution in [2.45, 2.75) is 12.8 Å². The molecule has 0 aromatic rings. The van der Waals surface area contributed by atoms with Gasteiger partial charge in [0.2, 0.25) is 0 Å². The van der Waals surface area contributed by atoms with Gasteiger partial charge in [0.15, 0.2) is 0 Å². The van der Waals surface area contributed by atoms with Gasteiger partial charge in [0.1, 0.15) is 6.61 Å².